The van der Waals surface area contributed by atoms with Gasteiger partial charge in [0.2, 0.25) is 0 Å². The molecular weight excluding hydrogens is 192 g/mol. The topological polar surface area (TPSA) is 17.1 Å². The van der Waals surface area contributed by atoms with Crippen LogP contribution in [-0.2, 0) is 0 Å². The second kappa shape index (κ2) is 5.86. The van der Waals surface area contributed by atoms with Crippen LogP contribution < -0.4 is 0 Å². The summed E-state index contributed by atoms with van der Waals surface area (Å²) >= 11 is 4.22. The highest BCUT2D eigenvalue weighted by Crippen LogP contribution is 2.15. The number of hydrogen-bond donors (Lipinski definition) is 1. The maximum atomic E-state index is 11.9. The quantitative estimate of drug-likeness (QED) is 0.581. The Kier molecular flexibility index (Phi) is 4.74. The third-order valence-corrected chi connectivity index (χ3v) is 2.73. The van der Waals surface area contributed by atoms with Gasteiger partial charge >= 0.3 is 0 Å². The molecule has 76 valence electrons. The fraction of sp³-hybridized carbons (Fsp3) is 0.417. The highest BCUT2D eigenvalue weighted by molar-refractivity contribution is 7.80. The molecular formula is C12H16OS. The average molecular weight is 208 g/mol. The van der Waals surface area contributed by atoms with Gasteiger partial charge in [0.05, 0.1) is 0 Å². The van der Waals surface area contributed by atoms with Crippen LogP contribution in [-0.4, -0.2) is 11.5 Å². The fourth-order valence-corrected chi connectivity index (χ4v) is 1.84. The number of hydrogen-bond acceptors (Lipinski definition) is 2. The van der Waals surface area contributed by atoms with Crippen molar-refractivity contribution in [2.24, 2.45) is 5.92 Å². The van der Waals surface area contributed by atoms with E-state index in [9.17, 15) is 4.79 Å². The summed E-state index contributed by atoms with van der Waals surface area (Å²) in [5.74, 6) is 0.940. The van der Waals surface area contributed by atoms with Gasteiger partial charge in [-0.1, -0.05) is 43.7 Å². The molecule has 0 aliphatic rings. The molecule has 1 nitrogen and oxygen atoms in total. The van der Waals surface area contributed by atoms with Crippen molar-refractivity contribution in [3.63, 3.8) is 0 Å². The van der Waals surface area contributed by atoms with E-state index < -0.39 is 0 Å². The van der Waals surface area contributed by atoms with Crippen LogP contribution in [0, 0.1) is 5.92 Å². The minimum Gasteiger partial charge on any atom is -0.294 e. The lowest BCUT2D eigenvalue weighted by atomic mass is 9.95. The fourth-order valence-electron chi connectivity index (χ4n) is 1.49. The second-order valence-electron chi connectivity index (χ2n) is 3.40. The van der Waals surface area contributed by atoms with E-state index in [1.54, 1.807) is 0 Å². The van der Waals surface area contributed by atoms with Crippen LogP contribution in [0.25, 0.3) is 0 Å². The molecule has 0 heterocycles. The molecule has 2 heteroatoms. The highest BCUT2D eigenvalue weighted by atomic mass is 32.1. The predicted molar refractivity (Wildman–Crippen MR) is 63.0 cm³/mol. The number of benzene rings is 1. The molecule has 0 aliphatic carbocycles. The van der Waals surface area contributed by atoms with E-state index in [2.05, 4.69) is 19.6 Å². The van der Waals surface area contributed by atoms with Crippen LogP contribution in [0.4, 0.5) is 0 Å². The Morgan fingerprint density at radius 2 is 2.00 bits per heavy atom. The summed E-state index contributed by atoms with van der Waals surface area (Å²) in [6.45, 7) is 2.09. The molecule has 1 aromatic carbocycles. The molecule has 0 N–H and O–H groups in total. The molecule has 0 amide bonds. The first-order valence-corrected chi connectivity index (χ1v) is 5.63. The van der Waals surface area contributed by atoms with Gasteiger partial charge in [-0.05, 0) is 6.42 Å². The van der Waals surface area contributed by atoms with Crippen LogP contribution in [0.3, 0.4) is 0 Å². The average Bonchev–Trinajstić information content (AvgIpc) is 2.26. The summed E-state index contributed by atoms with van der Waals surface area (Å²) in [5.41, 5.74) is 0.806. The molecule has 14 heavy (non-hydrogen) atoms. The smallest absolute Gasteiger partial charge is 0.166 e. The van der Waals surface area contributed by atoms with Gasteiger partial charge in [-0.3, -0.25) is 4.79 Å². The Balaban J connectivity index is 2.73. The molecule has 0 spiro atoms. The number of rotatable bonds is 5. The van der Waals surface area contributed by atoms with Crippen LogP contribution in [0.15, 0.2) is 30.3 Å². The normalized spacial score (nSPS) is 12.4. The van der Waals surface area contributed by atoms with Crippen LogP contribution in [0.2, 0.25) is 0 Å². The molecule has 0 aliphatic heterocycles. The van der Waals surface area contributed by atoms with E-state index in [1.165, 1.54) is 0 Å². The van der Waals surface area contributed by atoms with Crippen molar-refractivity contribution in [2.75, 3.05) is 5.75 Å². The molecule has 0 bridgehead atoms. The molecule has 0 saturated heterocycles. The summed E-state index contributed by atoms with van der Waals surface area (Å²) in [7, 11) is 0. The first-order valence-electron chi connectivity index (χ1n) is 4.99. The van der Waals surface area contributed by atoms with Crippen molar-refractivity contribution < 1.29 is 4.79 Å². The van der Waals surface area contributed by atoms with E-state index in [4.69, 9.17) is 0 Å². The van der Waals surface area contributed by atoms with Gasteiger partial charge in [0.25, 0.3) is 0 Å². The van der Waals surface area contributed by atoms with Gasteiger partial charge in [-0.25, -0.2) is 0 Å². The van der Waals surface area contributed by atoms with E-state index in [-0.39, 0.29) is 11.7 Å². The molecule has 1 rings (SSSR count). The minimum absolute atomic E-state index is 0.0748. The third kappa shape index (κ3) is 2.88. The molecule has 0 saturated carbocycles. The summed E-state index contributed by atoms with van der Waals surface area (Å²) in [5, 5.41) is 0. The SMILES string of the molecule is CCCC(CS)C(=O)c1ccccc1. The maximum absolute atomic E-state index is 11.9. The predicted octanol–water partition coefficient (Wildman–Crippen LogP) is 3.22. The van der Waals surface area contributed by atoms with E-state index >= 15 is 0 Å². The van der Waals surface area contributed by atoms with Gasteiger partial charge in [-0.2, -0.15) is 12.6 Å². The summed E-state index contributed by atoms with van der Waals surface area (Å²) in [6, 6.07) is 9.46. The van der Waals surface area contributed by atoms with Gasteiger partial charge in [0.15, 0.2) is 5.78 Å². The van der Waals surface area contributed by atoms with Gasteiger partial charge in [0.1, 0.15) is 0 Å². The van der Waals surface area contributed by atoms with Gasteiger partial charge in [0, 0.05) is 17.2 Å². The molecule has 0 aromatic heterocycles. The number of thiol groups is 1. The zero-order chi connectivity index (χ0) is 10.4. The number of carbonyl (C=O) groups excluding carboxylic acids is 1. The summed E-state index contributed by atoms with van der Waals surface area (Å²) < 4.78 is 0. The zero-order valence-corrected chi connectivity index (χ0v) is 9.34. The summed E-state index contributed by atoms with van der Waals surface area (Å²) in [4.78, 5) is 11.9. The largest absolute Gasteiger partial charge is 0.294 e. The monoisotopic (exact) mass is 208 g/mol. The van der Waals surface area contributed by atoms with E-state index in [0.29, 0.717) is 5.75 Å². The van der Waals surface area contributed by atoms with E-state index in [0.717, 1.165) is 18.4 Å². The molecule has 1 aromatic rings. The Morgan fingerprint density at radius 3 is 2.50 bits per heavy atom. The van der Waals surface area contributed by atoms with Crippen molar-refractivity contribution in [2.45, 2.75) is 19.8 Å². The Morgan fingerprint density at radius 1 is 1.36 bits per heavy atom. The van der Waals surface area contributed by atoms with Crippen molar-refractivity contribution in [3.8, 4) is 0 Å². The van der Waals surface area contributed by atoms with Crippen molar-refractivity contribution in [1.29, 1.82) is 0 Å². The first-order chi connectivity index (χ1) is 6.79. The Hall–Kier alpha value is -0.760. The lowest BCUT2D eigenvalue weighted by molar-refractivity contribution is 0.0927. The van der Waals surface area contributed by atoms with E-state index in [1.807, 2.05) is 30.3 Å². The number of carbonyl (C=O) groups is 1. The Labute approximate surface area is 90.9 Å². The van der Waals surface area contributed by atoms with Crippen LogP contribution in [0.1, 0.15) is 30.1 Å². The molecule has 1 atom stereocenters. The standard InChI is InChI=1S/C12H16OS/c1-2-6-11(9-14)12(13)10-7-4-3-5-8-10/h3-5,7-8,11,14H,2,6,9H2,1H3. The zero-order valence-electron chi connectivity index (χ0n) is 8.44. The highest BCUT2D eigenvalue weighted by Gasteiger charge is 2.16. The third-order valence-electron chi connectivity index (χ3n) is 2.29. The molecule has 1 unspecified atom stereocenters. The van der Waals surface area contributed by atoms with Crippen molar-refractivity contribution in [3.05, 3.63) is 35.9 Å². The van der Waals surface area contributed by atoms with Crippen LogP contribution >= 0.6 is 12.6 Å². The van der Waals surface area contributed by atoms with Crippen molar-refractivity contribution in [1.82, 2.24) is 0 Å². The minimum atomic E-state index is 0.0748. The Bertz CT molecular complexity index is 282. The molecule has 0 radical (unpaired) electrons. The van der Waals surface area contributed by atoms with Crippen molar-refractivity contribution >= 4 is 18.4 Å². The lowest BCUT2D eigenvalue weighted by Gasteiger charge is -2.11. The molecule has 0 fully saturated rings. The number of Topliss-reactive ketones (excluding diaryl/α,β-unsaturated/α-hetero) is 1. The van der Waals surface area contributed by atoms with Gasteiger partial charge < -0.3 is 0 Å². The summed E-state index contributed by atoms with van der Waals surface area (Å²) in [6.07, 6.45) is 1.96. The second-order valence-corrected chi connectivity index (χ2v) is 3.76. The number of ketones is 1. The lowest BCUT2D eigenvalue weighted by Crippen LogP contribution is -2.16. The maximum Gasteiger partial charge on any atom is 0.166 e. The van der Waals surface area contributed by atoms with Crippen LogP contribution in [0.5, 0.6) is 0 Å². The van der Waals surface area contributed by atoms with Gasteiger partial charge in [-0.15, -0.1) is 0 Å². The first kappa shape index (κ1) is 11.3.